The van der Waals surface area contributed by atoms with Gasteiger partial charge in [0.1, 0.15) is 5.75 Å². The monoisotopic (exact) mass is 251 g/mol. The van der Waals surface area contributed by atoms with Crippen molar-refractivity contribution >= 4 is 23.2 Å². The molecule has 2 unspecified atom stereocenters. The fourth-order valence-corrected chi connectivity index (χ4v) is 2.99. The Labute approximate surface area is 105 Å². The van der Waals surface area contributed by atoms with E-state index in [1.54, 1.807) is 6.07 Å². The normalized spacial score (nSPS) is 29.8. The highest BCUT2D eigenvalue weighted by atomic mass is 35.5. The van der Waals surface area contributed by atoms with Crippen LogP contribution in [0.3, 0.4) is 0 Å². The molecular weight excluding hydrogens is 238 g/mol. The molecule has 1 aromatic carbocycles. The van der Waals surface area contributed by atoms with Gasteiger partial charge in [-0.3, -0.25) is 4.79 Å². The molecule has 2 fully saturated rings. The number of anilines is 1. The Morgan fingerprint density at radius 2 is 2.00 bits per heavy atom. The van der Waals surface area contributed by atoms with E-state index in [1.807, 2.05) is 0 Å². The van der Waals surface area contributed by atoms with E-state index < -0.39 is 0 Å². The predicted octanol–water partition coefficient (Wildman–Crippen LogP) is 3.03. The van der Waals surface area contributed by atoms with Crippen LogP contribution in [0.1, 0.15) is 19.3 Å². The van der Waals surface area contributed by atoms with Crippen LogP contribution in [-0.2, 0) is 4.79 Å². The molecule has 90 valence electrons. The van der Waals surface area contributed by atoms with E-state index in [0.717, 1.165) is 24.7 Å². The van der Waals surface area contributed by atoms with E-state index in [2.05, 4.69) is 5.32 Å². The number of nitrogens with one attached hydrogen (secondary N) is 1. The van der Waals surface area contributed by atoms with Crippen molar-refractivity contribution in [2.75, 3.05) is 5.32 Å². The van der Waals surface area contributed by atoms with Crippen LogP contribution < -0.4 is 5.32 Å². The SMILES string of the molecule is O=C(Nc1ccc(O)cc1Cl)C1CC2CC2C1. The summed E-state index contributed by atoms with van der Waals surface area (Å²) < 4.78 is 0. The Morgan fingerprint density at radius 3 is 2.65 bits per heavy atom. The van der Waals surface area contributed by atoms with E-state index in [9.17, 15) is 9.90 Å². The predicted molar refractivity (Wildman–Crippen MR) is 66.1 cm³/mol. The fraction of sp³-hybridized carbons (Fsp3) is 0.462. The summed E-state index contributed by atoms with van der Waals surface area (Å²) in [6.07, 6.45) is 3.35. The molecule has 2 aliphatic rings. The van der Waals surface area contributed by atoms with Crippen LogP contribution in [0.4, 0.5) is 5.69 Å². The molecule has 1 amide bonds. The molecule has 0 radical (unpaired) electrons. The van der Waals surface area contributed by atoms with Crippen LogP contribution in [0.5, 0.6) is 5.75 Å². The summed E-state index contributed by atoms with van der Waals surface area (Å²) in [4.78, 5) is 12.0. The van der Waals surface area contributed by atoms with Crippen molar-refractivity contribution in [3.63, 3.8) is 0 Å². The van der Waals surface area contributed by atoms with E-state index in [1.165, 1.54) is 18.6 Å². The molecule has 0 heterocycles. The van der Waals surface area contributed by atoms with Gasteiger partial charge in [-0.15, -0.1) is 0 Å². The first-order valence-electron chi connectivity index (χ1n) is 5.93. The van der Waals surface area contributed by atoms with Gasteiger partial charge in [0.2, 0.25) is 5.91 Å². The molecule has 3 nitrogen and oxygen atoms in total. The van der Waals surface area contributed by atoms with Gasteiger partial charge in [0, 0.05) is 12.0 Å². The Hall–Kier alpha value is -1.22. The summed E-state index contributed by atoms with van der Waals surface area (Å²) >= 11 is 5.94. The van der Waals surface area contributed by atoms with Crippen molar-refractivity contribution in [3.8, 4) is 5.75 Å². The van der Waals surface area contributed by atoms with Crippen molar-refractivity contribution in [1.29, 1.82) is 0 Å². The van der Waals surface area contributed by atoms with Crippen molar-refractivity contribution in [2.45, 2.75) is 19.3 Å². The number of halogens is 1. The van der Waals surface area contributed by atoms with Gasteiger partial charge in [0.15, 0.2) is 0 Å². The van der Waals surface area contributed by atoms with E-state index in [4.69, 9.17) is 11.6 Å². The van der Waals surface area contributed by atoms with E-state index in [0.29, 0.717) is 10.7 Å². The minimum absolute atomic E-state index is 0.0600. The maximum Gasteiger partial charge on any atom is 0.227 e. The second-order valence-electron chi connectivity index (χ2n) is 5.08. The van der Waals surface area contributed by atoms with E-state index in [-0.39, 0.29) is 17.6 Å². The number of amides is 1. The summed E-state index contributed by atoms with van der Waals surface area (Å²) in [6.45, 7) is 0. The largest absolute Gasteiger partial charge is 0.508 e. The number of hydrogen-bond donors (Lipinski definition) is 2. The first-order valence-corrected chi connectivity index (χ1v) is 6.30. The lowest BCUT2D eigenvalue weighted by molar-refractivity contribution is -0.120. The molecule has 17 heavy (non-hydrogen) atoms. The van der Waals surface area contributed by atoms with Crippen LogP contribution in [-0.4, -0.2) is 11.0 Å². The van der Waals surface area contributed by atoms with Gasteiger partial charge in [-0.25, -0.2) is 0 Å². The standard InChI is InChI=1S/C13H14ClNO2/c14-11-6-10(16)1-2-12(11)15-13(17)9-4-7-3-8(7)5-9/h1-2,6-9,16H,3-5H2,(H,15,17). The average molecular weight is 252 g/mol. The summed E-state index contributed by atoms with van der Waals surface area (Å²) in [5.41, 5.74) is 0.579. The lowest BCUT2D eigenvalue weighted by atomic mass is 10.0. The minimum atomic E-state index is 0.0600. The van der Waals surface area contributed by atoms with Gasteiger partial charge in [-0.1, -0.05) is 11.6 Å². The Bertz CT molecular complexity index is 464. The topological polar surface area (TPSA) is 49.3 Å². The lowest BCUT2D eigenvalue weighted by Gasteiger charge is -2.13. The van der Waals surface area contributed by atoms with Crippen molar-refractivity contribution in [2.24, 2.45) is 17.8 Å². The van der Waals surface area contributed by atoms with Crippen molar-refractivity contribution in [1.82, 2.24) is 0 Å². The summed E-state index contributed by atoms with van der Waals surface area (Å²) in [6, 6.07) is 4.59. The molecule has 2 aliphatic carbocycles. The van der Waals surface area contributed by atoms with E-state index >= 15 is 0 Å². The smallest absolute Gasteiger partial charge is 0.227 e. The average Bonchev–Trinajstić information content (AvgIpc) is 2.89. The third kappa shape index (κ3) is 2.12. The molecule has 0 spiro atoms. The van der Waals surface area contributed by atoms with Crippen molar-refractivity contribution < 1.29 is 9.90 Å². The van der Waals surface area contributed by atoms with Crippen LogP contribution in [0.2, 0.25) is 5.02 Å². The van der Waals surface area contributed by atoms with Gasteiger partial charge >= 0.3 is 0 Å². The molecular formula is C13H14ClNO2. The third-order valence-corrected chi connectivity index (χ3v) is 4.14. The number of fused-ring (bicyclic) bond motifs is 1. The number of rotatable bonds is 2. The van der Waals surface area contributed by atoms with Gasteiger partial charge in [0.05, 0.1) is 10.7 Å². The van der Waals surface area contributed by atoms with Crippen LogP contribution >= 0.6 is 11.6 Å². The Kier molecular flexibility index (Phi) is 2.51. The van der Waals surface area contributed by atoms with Gasteiger partial charge < -0.3 is 10.4 Å². The quantitative estimate of drug-likeness (QED) is 0.794. The summed E-state index contributed by atoms with van der Waals surface area (Å²) in [5.74, 6) is 1.89. The number of benzene rings is 1. The lowest BCUT2D eigenvalue weighted by Crippen LogP contribution is -2.21. The fourth-order valence-electron chi connectivity index (χ4n) is 2.77. The highest BCUT2D eigenvalue weighted by Crippen LogP contribution is 2.54. The maximum absolute atomic E-state index is 12.0. The van der Waals surface area contributed by atoms with Crippen LogP contribution in [0, 0.1) is 17.8 Å². The molecule has 0 aliphatic heterocycles. The number of aromatic hydroxyl groups is 1. The van der Waals surface area contributed by atoms with Gasteiger partial charge in [0.25, 0.3) is 0 Å². The molecule has 2 atom stereocenters. The molecule has 2 N–H and O–H groups in total. The summed E-state index contributed by atoms with van der Waals surface area (Å²) in [7, 11) is 0. The zero-order chi connectivity index (χ0) is 12.0. The molecule has 0 aromatic heterocycles. The number of carbonyl (C=O) groups excluding carboxylic acids is 1. The van der Waals surface area contributed by atoms with Crippen molar-refractivity contribution in [3.05, 3.63) is 23.2 Å². The Morgan fingerprint density at radius 1 is 1.29 bits per heavy atom. The highest BCUT2D eigenvalue weighted by molar-refractivity contribution is 6.33. The van der Waals surface area contributed by atoms with Crippen LogP contribution in [0.25, 0.3) is 0 Å². The molecule has 4 heteroatoms. The Balaban J connectivity index is 1.67. The second kappa shape index (κ2) is 3.91. The first-order chi connectivity index (χ1) is 8.13. The van der Waals surface area contributed by atoms with Crippen LogP contribution in [0.15, 0.2) is 18.2 Å². The summed E-state index contributed by atoms with van der Waals surface area (Å²) in [5, 5.41) is 12.4. The number of phenolic OH excluding ortho intramolecular Hbond substituents is 1. The first kappa shape index (κ1) is 10.9. The minimum Gasteiger partial charge on any atom is -0.508 e. The maximum atomic E-state index is 12.0. The molecule has 1 aromatic rings. The highest BCUT2D eigenvalue weighted by Gasteiger charge is 2.47. The molecule has 0 bridgehead atoms. The van der Waals surface area contributed by atoms with Gasteiger partial charge in [-0.2, -0.15) is 0 Å². The second-order valence-corrected chi connectivity index (χ2v) is 5.48. The zero-order valence-electron chi connectivity index (χ0n) is 9.32. The molecule has 2 saturated carbocycles. The van der Waals surface area contributed by atoms with Gasteiger partial charge in [-0.05, 0) is 43.2 Å². The number of carbonyl (C=O) groups is 1. The zero-order valence-corrected chi connectivity index (χ0v) is 10.1. The number of phenols is 1. The third-order valence-electron chi connectivity index (χ3n) is 3.82. The molecule has 0 saturated heterocycles. The number of hydrogen-bond acceptors (Lipinski definition) is 2. The molecule has 3 rings (SSSR count).